The van der Waals surface area contributed by atoms with Gasteiger partial charge in [-0.3, -0.25) is 0 Å². The minimum atomic E-state index is 0.902. The highest BCUT2D eigenvalue weighted by Gasteiger charge is 2.19. The molecular formula is C50H31NO. The summed E-state index contributed by atoms with van der Waals surface area (Å²) in [4.78, 5) is 0. The van der Waals surface area contributed by atoms with Crippen LogP contribution in [0.2, 0.25) is 0 Å². The van der Waals surface area contributed by atoms with Crippen LogP contribution in [-0.2, 0) is 0 Å². The number of rotatable bonds is 4. The molecule has 0 saturated heterocycles. The van der Waals surface area contributed by atoms with E-state index in [1.807, 2.05) is 6.07 Å². The highest BCUT2D eigenvalue weighted by molar-refractivity contribution is 6.16. The van der Waals surface area contributed by atoms with Gasteiger partial charge in [-0.25, -0.2) is 0 Å². The lowest BCUT2D eigenvalue weighted by atomic mass is 9.89. The van der Waals surface area contributed by atoms with Gasteiger partial charge < -0.3 is 8.98 Å². The van der Waals surface area contributed by atoms with E-state index in [4.69, 9.17) is 4.42 Å². The molecule has 0 aliphatic carbocycles. The molecule has 0 aliphatic rings. The van der Waals surface area contributed by atoms with Crippen LogP contribution in [-0.4, -0.2) is 4.57 Å². The van der Waals surface area contributed by atoms with Gasteiger partial charge in [-0.15, -0.1) is 0 Å². The van der Waals surface area contributed by atoms with Crippen LogP contribution in [0.1, 0.15) is 0 Å². The Morgan fingerprint density at radius 1 is 0.327 bits per heavy atom. The molecule has 52 heavy (non-hydrogen) atoms. The Bertz CT molecular complexity index is 3180. The number of aromatic nitrogens is 1. The maximum absolute atomic E-state index is 6.33. The van der Waals surface area contributed by atoms with E-state index in [1.165, 1.54) is 76.9 Å². The second-order valence-corrected chi connectivity index (χ2v) is 13.7. The van der Waals surface area contributed by atoms with E-state index in [0.717, 1.165) is 27.5 Å². The van der Waals surface area contributed by atoms with E-state index < -0.39 is 0 Å². The second kappa shape index (κ2) is 11.3. The Hall–Kier alpha value is -6.90. The molecule has 0 atom stereocenters. The predicted octanol–water partition coefficient (Wildman–Crippen LogP) is 14.0. The van der Waals surface area contributed by atoms with Crippen LogP contribution in [0.25, 0.3) is 104 Å². The molecule has 0 spiro atoms. The van der Waals surface area contributed by atoms with Gasteiger partial charge in [0.2, 0.25) is 0 Å². The Morgan fingerprint density at radius 2 is 0.962 bits per heavy atom. The number of hydrogen-bond acceptors (Lipinski definition) is 1. The molecule has 0 bridgehead atoms. The predicted molar refractivity (Wildman–Crippen MR) is 219 cm³/mol. The van der Waals surface area contributed by atoms with Crippen molar-refractivity contribution in [3.05, 3.63) is 188 Å². The summed E-state index contributed by atoms with van der Waals surface area (Å²) < 4.78 is 8.79. The minimum absolute atomic E-state index is 0.902. The zero-order valence-electron chi connectivity index (χ0n) is 28.3. The summed E-state index contributed by atoms with van der Waals surface area (Å²) in [5.41, 5.74) is 12.5. The zero-order valence-corrected chi connectivity index (χ0v) is 28.3. The van der Waals surface area contributed by atoms with Crippen molar-refractivity contribution in [2.45, 2.75) is 0 Å². The maximum Gasteiger partial charge on any atom is 0.136 e. The number of para-hydroxylation sites is 2. The Labute approximate surface area is 300 Å². The number of hydrogen-bond donors (Lipinski definition) is 0. The average molecular weight is 662 g/mol. The SMILES string of the molecule is c1ccc(-c2cc(-c3ccc(-n4c5ccccc5c5cc6ccccc6cc54)c4ccccc34)cc(-c3cccc4oc5ccccc5c34)c2)cc1. The standard InChI is InChI=1S/C50H31NO/c1-2-13-32(14-3-1)35-27-36(29-37(28-35)39-21-12-24-49-50(39)43-20-9-11-23-48(43)52-49)38-25-26-46(41-18-7-6-17-40(38)41)51-45-22-10-8-19-42(45)44-30-33-15-4-5-16-34(33)31-47(44)51/h1-31H. The summed E-state index contributed by atoms with van der Waals surface area (Å²) >= 11 is 0. The fourth-order valence-corrected chi connectivity index (χ4v) is 8.40. The first kappa shape index (κ1) is 28.9. The number of benzene rings is 9. The molecule has 0 saturated carbocycles. The molecule has 2 heterocycles. The van der Waals surface area contributed by atoms with E-state index in [2.05, 4.69) is 187 Å². The third-order valence-electron chi connectivity index (χ3n) is 10.7. The minimum Gasteiger partial charge on any atom is -0.456 e. The van der Waals surface area contributed by atoms with Gasteiger partial charge >= 0.3 is 0 Å². The fourth-order valence-electron chi connectivity index (χ4n) is 8.40. The smallest absolute Gasteiger partial charge is 0.136 e. The molecule has 0 amide bonds. The molecule has 242 valence electrons. The lowest BCUT2D eigenvalue weighted by Gasteiger charge is -2.17. The first-order chi connectivity index (χ1) is 25.8. The molecule has 2 heteroatoms. The molecule has 9 aromatic carbocycles. The van der Waals surface area contributed by atoms with Crippen molar-refractivity contribution in [3.63, 3.8) is 0 Å². The quantitative estimate of drug-likeness (QED) is 0.184. The fraction of sp³-hybridized carbons (Fsp3) is 0. The monoisotopic (exact) mass is 661 g/mol. The van der Waals surface area contributed by atoms with Crippen LogP contribution < -0.4 is 0 Å². The van der Waals surface area contributed by atoms with E-state index >= 15 is 0 Å². The highest BCUT2D eigenvalue weighted by Crippen LogP contribution is 2.43. The highest BCUT2D eigenvalue weighted by atomic mass is 16.3. The van der Waals surface area contributed by atoms with Crippen LogP contribution >= 0.6 is 0 Å². The normalized spacial score (nSPS) is 11.8. The van der Waals surface area contributed by atoms with Gasteiger partial charge in [0.1, 0.15) is 11.2 Å². The summed E-state index contributed by atoms with van der Waals surface area (Å²) in [6, 6.07) is 68.2. The molecule has 0 unspecified atom stereocenters. The van der Waals surface area contributed by atoms with Crippen molar-refractivity contribution in [2.24, 2.45) is 0 Å². The first-order valence-corrected chi connectivity index (χ1v) is 17.8. The second-order valence-electron chi connectivity index (χ2n) is 13.7. The van der Waals surface area contributed by atoms with Gasteiger partial charge in [0, 0.05) is 26.9 Å². The van der Waals surface area contributed by atoms with Crippen molar-refractivity contribution in [3.8, 4) is 39.1 Å². The first-order valence-electron chi connectivity index (χ1n) is 17.8. The summed E-state index contributed by atoms with van der Waals surface area (Å²) in [5.74, 6) is 0. The molecule has 11 rings (SSSR count). The molecule has 11 aromatic rings. The summed E-state index contributed by atoms with van der Waals surface area (Å²) in [7, 11) is 0. The molecular weight excluding hydrogens is 631 g/mol. The molecule has 0 radical (unpaired) electrons. The van der Waals surface area contributed by atoms with Gasteiger partial charge in [-0.05, 0) is 104 Å². The van der Waals surface area contributed by atoms with Crippen molar-refractivity contribution < 1.29 is 4.42 Å². The van der Waals surface area contributed by atoms with Crippen molar-refractivity contribution >= 4 is 65.3 Å². The van der Waals surface area contributed by atoms with E-state index in [1.54, 1.807) is 0 Å². The Balaban J connectivity index is 1.18. The Kier molecular flexibility index (Phi) is 6.28. The molecule has 2 aromatic heterocycles. The van der Waals surface area contributed by atoms with E-state index in [9.17, 15) is 0 Å². The summed E-state index contributed by atoms with van der Waals surface area (Å²) in [6.45, 7) is 0. The van der Waals surface area contributed by atoms with Gasteiger partial charge in [0.05, 0.1) is 16.7 Å². The van der Waals surface area contributed by atoms with Crippen molar-refractivity contribution in [1.82, 2.24) is 4.57 Å². The molecule has 0 N–H and O–H groups in total. The Morgan fingerprint density at radius 3 is 1.81 bits per heavy atom. The number of nitrogens with zero attached hydrogens (tertiary/aromatic N) is 1. The summed E-state index contributed by atoms with van der Waals surface area (Å²) in [5, 5.41) is 9.74. The zero-order chi connectivity index (χ0) is 34.2. The van der Waals surface area contributed by atoms with Crippen LogP contribution in [0.4, 0.5) is 0 Å². The topological polar surface area (TPSA) is 18.1 Å². The number of fused-ring (bicyclic) bond motifs is 8. The molecule has 2 nitrogen and oxygen atoms in total. The van der Waals surface area contributed by atoms with Crippen molar-refractivity contribution in [2.75, 3.05) is 0 Å². The molecule has 0 aliphatic heterocycles. The van der Waals surface area contributed by atoms with Crippen LogP contribution in [0, 0.1) is 0 Å². The van der Waals surface area contributed by atoms with Gasteiger partial charge in [-0.1, -0.05) is 133 Å². The maximum atomic E-state index is 6.33. The lowest BCUT2D eigenvalue weighted by Crippen LogP contribution is -1.96. The van der Waals surface area contributed by atoms with Gasteiger partial charge in [0.25, 0.3) is 0 Å². The average Bonchev–Trinajstić information content (AvgIpc) is 3.75. The van der Waals surface area contributed by atoms with Crippen LogP contribution in [0.3, 0.4) is 0 Å². The summed E-state index contributed by atoms with van der Waals surface area (Å²) in [6.07, 6.45) is 0. The van der Waals surface area contributed by atoms with E-state index in [-0.39, 0.29) is 0 Å². The van der Waals surface area contributed by atoms with Crippen LogP contribution in [0.15, 0.2) is 192 Å². The van der Waals surface area contributed by atoms with E-state index in [0.29, 0.717) is 0 Å². The third-order valence-corrected chi connectivity index (χ3v) is 10.7. The third kappa shape index (κ3) is 4.38. The molecule has 0 fully saturated rings. The largest absolute Gasteiger partial charge is 0.456 e. The van der Waals surface area contributed by atoms with Crippen molar-refractivity contribution in [1.29, 1.82) is 0 Å². The van der Waals surface area contributed by atoms with Crippen LogP contribution in [0.5, 0.6) is 0 Å². The number of furan rings is 1. The van der Waals surface area contributed by atoms with Gasteiger partial charge in [-0.2, -0.15) is 0 Å². The lowest BCUT2D eigenvalue weighted by molar-refractivity contribution is 0.669. The van der Waals surface area contributed by atoms with Gasteiger partial charge in [0.15, 0.2) is 0 Å².